The van der Waals surface area contributed by atoms with Crippen LogP contribution in [0.2, 0.25) is 0 Å². The Labute approximate surface area is 85.5 Å². The minimum absolute atomic E-state index is 0.217. The largest absolute Gasteiger partial charge is 0.327 e. The molecule has 2 aromatic rings. The van der Waals surface area contributed by atoms with Crippen LogP contribution >= 0.6 is 0 Å². The molecule has 0 bridgehead atoms. The van der Waals surface area contributed by atoms with Crippen molar-refractivity contribution in [1.29, 1.82) is 0 Å². The molecule has 4 nitrogen and oxygen atoms in total. The number of rotatable bonds is 0. The van der Waals surface area contributed by atoms with Crippen LogP contribution in [-0.4, -0.2) is 16.4 Å². The number of nitrogens with zero attached hydrogens (tertiary/aromatic N) is 1. The van der Waals surface area contributed by atoms with E-state index in [2.05, 4.69) is 5.32 Å². The van der Waals surface area contributed by atoms with Gasteiger partial charge in [-0.25, -0.2) is 0 Å². The second-order valence-electron chi connectivity index (χ2n) is 3.55. The van der Waals surface area contributed by atoms with Gasteiger partial charge in [0.25, 0.3) is 5.91 Å². The van der Waals surface area contributed by atoms with E-state index in [1.807, 2.05) is 24.3 Å². The molecule has 1 aromatic heterocycles. The minimum atomic E-state index is -0.317. The Bertz CT molecular complexity index is 583. The second kappa shape index (κ2) is 2.70. The Kier molecular flexibility index (Phi) is 1.48. The molecule has 0 spiro atoms. The van der Waals surface area contributed by atoms with Gasteiger partial charge in [-0.3, -0.25) is 14.9 Å². The quantitative estimate of drug-likeness (QED) is 0.642. The van der Waals surface area contributed by atoms with Crippen molar-refractivity contribution in [1.82, 2.24) is 9.88 Å². The molecule has 1 aromatic carbocycles. The molecule has 3 rings (SSSR count). The topological polar surface area (TPSA) is 51.1 Å². The zero-order valence-corrected chi connectivity index (χ0v) is 7.86. The number of para-hydroxylation sites is 1. The molecule has 0 unspecified atom stereocenters. The van der Waals surface area contributed by atoms with Gasteiger partial charge in [-0.1, -0.05) is 18.2 Å². The lowest BCUT2D eigenvalue weighted by Gasteiger charge is -2.14. The summed E-state index contributed by atoms with van der Waals surface area (Å²) in [7, 11) is 0. The maximum absolute atomic E-state index is 11.5. The van der Waals surface area contributed by atoms with Gasteiger partial charge in [0.15, 0.2) is 0 Å². The fraction of sp³-hybridized carbons (Fsp3) is 0.0909. The van der Waals surface area contributed by atoms with Gasteiger partial charge < -0.3 is 4.57 Å². The summed E-state index contributed by atoms with van der Waals surface area (Å²) in [6.45, 7) is 0.217. The molecule has 1 aliphatic rings. The summed E-state index contributed by atoms with van der Waals surface area (Å²) >= 11 is 0. The summed E-state index contributed by atoms with van der Waals surface area (Å²) in [5.74, 6) is -0.573. The van der Waals surface area contributed by atoms with Crippen molar-refractivity contribution in [3.63, 3.8) is 0 Å². The monoisotopic (exact) mass is 200 g/mol. The molecular weight excluding hydrogens is 192 g/mol. The van der Waals surface area contributed by atoms with Gasteiger partial charge in [0, 0.05) is 10.9 Å². The molecule has 0 saturated carbocycles. The highest BCUT2D eigenvalue weighted by molar-refractivity contribution is 6.09. The fourth-order valence-electron chi connectivity index (χ4n) is 1.94. The summed E-state index contributed by atoms with van der Waals surface area (Å²) in [6.07, 6.45) is 0. The predicted molar refractivity (Wildman–Crippen MR) is 54.4 cm³/mol. The zero-order chi connectivity index (χ0) is 10.4. The molecule has 2 amide bonds. The lowest BCUT2D eigenvalue weighted by Crippen LogP contribution is -2.40. The molecule has 1 N–H and O–H groups in total. The van der Waals surface area contributed by atoms with Gasteiger partial charge in [0.2, 0.25) is 5.91 Å². The Hall–Kier alpha value is -2.10. The van der Waals surface area contributed by atoms with Crippen molar-refractivity contribution in [2.24, 2.45) is 0 Å². The molecule has 2 heterocycles. The first-order chi connectivity index (χ1) is 7.25. The average Bonchev–Trinajstić information content (AvgIpc) is 2.57. The molecule has 0 radical (unpaired) electrons. The van der Waals surface area contributed by atoms with Crippen LogP contribution < -0.4 is 5.32 Å². The predicted octanol–water partition coefficient (Wildman–Crippen LogP) is 0.911. The Morgan fingerprint density at radius 1 is 1.20 bits per heavy atom. The van der Waals surface area contributed by atoms with Crippen LogP contribution in [0.25, 0.3) is 10.9 Å². The van der Waals surface area contributed by atoms with Crippen molar-refractivity contribution >= 4 is 22.7 Å². The van der Waals surface area contributed by atoms with E-state index in [9.17, 15) is 9.59 Å². The summed E-state index contributed by atoms with van der Waals surface area (Å²) < 4.78 is 1.75. The lowest BCUT2D eigenvalue weighted by atomic mass is 10.2. The van der Waals surface area contributed by atoms with E-state index in [0.717, 1.165) is 10.9 Å². The highest BCUT2D eigenvalue weighted by Gasteiger charge is 2.23. The number of hydrogen-bond donors (Lipinski definition) is 1. The summed E-state index contributed by atoms with van der Waals surface area (Å²) in [4.78, 5) is 22.7. The molecule has 0 fully saturated rings. The van der Waals surface area contributed by atoms with Crippen molar-refractivity contribution < 1.29 is 9.59 Å². The highest BCUT2D eigenvalue weighted by Crippen LogP contribution is 2.21. The maximum atomic E-state index is 11.5. The van der Waals surface area contributed by atoms with Crippen LogP contribution in [0.1, 0.15) is 10.5 Å². The highest BCUT2D eigenvalue weighted by atomic mass is 16.2. The first-order valence-corrected chi connectivity index (χ1v) is 4.68. The second-order valence-corrected chi connectivity index (χ2v) is 3.55. The number of benzene rings is 1. The molecule has 1 aliphatic heterocycles. The average molecular weight is 200 g/mol. The van der Waals surface area contributed by atoms with Crippen LogP contribution in [-0.2, 0) is 11.3 Å². The number of hydrogen-bond acceptors (Lipinski definition) is 2. The number of nitrogens with one attached hydrogen (secondary N) is 1. The Morgan fingerprint density at radius 2 is 2.00 bits per heavy atom. The Morgan fingerprint density at radius 3 is 2.87 bits per heavy atom. The maximum Gasteiger partial charge on any atom is 0.274 e. The first kappa shape index (κ1) is 8.23. The van der Waals surface area contributed by atoms with Gasteiger partial charge in [-0.15, -0.1) is 0 Å². The van der Waals surface area contributed by atoms with E-state index in [1.165, 1.54) is 0 Å². The van der Waals surface area contributed by atoms with E-state index in [0.29, 0.717) is 5.69 Å². The third-order valence-electron chi connectivity index (χ3n) is 2.60. The van der Waals surface area contributed by atoms with Gasteiger partial charge in [0.1, 0.15) is 12.2 Å². The zero-order valence-electron chi connectivity index (χ0n) is 7.86. The van der Waals surface area contributed by atoms with Gasteiger partial charge in [-0.2, -0.15) is 0 Å². The molecule has 0 atom stereocenters. The number of carbonyl (C=O) groups is 2. The SMILES string of the molecule is O=C1Cn2c(cc3ccccc32)C(=O)N1. The van der Waals surface area contributed by atoms with E-state index in [-0.39, 0.29) is 18.4 Å². The molecular formula is C11H8N2O2. The summed E-state index contributed by atoms with van der Waals surface area (Å²) in [5, 5.41) is 3.28. The molecule has 74 valence electrons. The summed E-state index contributed by atoms with van der Waals surface area (Å²) in [6, 6.07) is 9.45. The normalized spacial score (nSPS) is 15.2. The van der Waals surface area contributed by atoms with Crippen LogP contribution in [0.4, 0.5) is 0 Å². The van der Waals surface area contributed by atoms with Crippen LogP contribution in [0.5, 0.6) is 0 Å². The molecule has 4 heteroatoms. The number of carbonyl (C=O) groups excluding carboxylic acids is 2. The molecule has 0 aliphatic carbocycles. The van der Waals surface area contributed by atoms with Crippen molar-refractivity contribution in [3.8, 4) is 0 Å². The number of fused-ring (bicyclic) bond motifs is 3. The van der Waals surface area contributed by atoms with E-state index < -0.39 is 0 Å². The number of aromatic nitrogens is 1. The fourth-order valence-corrected chi connectivity index (χ4v) is 1.94. The van der Waals surface area contributed by atoms with E-state index in [4.69, 9.17) is 0 Å². The first-order valence-electron chi connectivity index (χ1n) is 4.68. The van der Waals surface area contributed by atoms with Crippen molar-refractivity contribution in [2.45, 2.75) is 6.54 Å². The van der Waals surface area contributed by atoms with Gasteiger partial charge >= 0.3 is 0 Å². The minimum Gasteiger partial charge on any atom is -0.327 e. The van der Waals surface area contributed by atoms with Crippen LogP contribution in [0, 0.1) is 0 Å². The number of imide groups is 1. The lowest BCUT2D eigenvalue weighted by molar-refractivity contribution is -0.121. The van der Waals surface area contributed by atoms with Gasteiger partial charge in [0.05, 0.1) is 0 Å². The standard InChI is InChI=1S/C11H8N2O2/c14-10-6-13-8-4-2-1-3-7(8)5-9(13)11(15)12-10/h1-5H,6H2,(H,12,14,15). The van der Waals surface area contributed by atoms with E-state index >= 15 is 0 Å². The van der Waals surface area contributed by atoms with Crippen LogP contribution in [0.15, 0.2) is 30.3 Å². The third kappa shape index (κ3) is 1.08. The number of amides is 2. The van der Waals surface area contributed by atoms with E-state index in [1.54, 1.807) is 10.6 Å². The molecule has 15 heavy (non-hydrogen) atoms. The van der Waals surface area contributed by atoms with Crippen LogP contribution in [0.3, 0.4) is 0 Å². The molecule has 0 saturated heterocycles. The third-order valence-corrected chi connectivity index (χ3v) is 2.60. The summed E-state index contributed by atoms with van der Waals surface area (Å²) in [5.41, 5.74) is 1.48. The van der Waals surface area contributed by atoms with Crippen molar-refractivity contribution in [2.75, 3.05) is 0 Å². The van der Waals surface area contributed by atoms with Crippen molar-refractivity contribution in [3.05, 3.63) is 36.0 Å². The van der Waals surface area contributed by atoms with Gasteiger partial charge in [-0.05, 0) is 12.1 Å². The Balaban J connectivity index is 2.36. The smallest absolute Gasteiger partial charge is 0.274 e.